The van der Waals surface area contributed by atoms with Crippen LogP contribution in [0.5, 0.6) is 0 Å². The average molecular weight is 387 g/mol. The van der Waals surface area contributed by atoms with Crippen LogP contribution in [0.3, 0.4) is 0 Å². The second-order valence-electron chi connectivity index (χ2n) is 5.74. The second-order valence-corrected chi connectivity index (χ2v) is 6.15. The van der Waals surface area contributed by atoms with E-state index in [4.69, 9.17) is 11.6 Å². The summed E-state index contributed by atoms with van der Waals surface area (Å²) in [5.74, 6) is -1.06. The maximum Gasteiger partial charge on any atom is 0.227 e. The molecule has 0 spiro atoms. The van der Waals surface area contributed by atoms with Gasteiger partial charge in [0.1, 0.15) is 11.6 Å². The summed E-state index contributed by atoms with van der Waals surface area (Å²) in [6.07, 6.45) is -0.114. The van der Waals surface area contributed by atoms with E-state index in [0.29, 0.717) is 19.6 Å². The van der Waals surface area contributed by atoms with Gasteiger partial charge in [0, 0.05) is 30.2 Å². The molecule has 1 fully saturated rings. The number of rotatable bonds is 3. The highest BCUT2D eigenvalue weighted by Gasteiger charge is 2.28. The molecule has 1 heterocycles. The smallest absolute Gasteiger partial charge is 0.227 e. The van der Waals surface area contributed by atoms with Gasteiger partial charge in [0.25, 0.3) is 0 Å². The Bertz CT molecular complexity index is 737. The minimum atomic E-state index is -0.492. The van der Waals surface area contributed by atoms with Gasteiger partial charge in [-0.15, -0.1) is 12.4 Å². The van der Waals surface area contributed by atoms with Crippen LogP contribution < -0.4 is 5.32 Å². The molecule has 1 atom stereocenters. The molecule has 1 saturated heterocycles. The van der Waals surface area contributed by atoms with Gasteiger partial charge in [-0.3, -0.25) is 4.79 Å². The van der Waals surface area contributed by atoms with E-state index in [2.05, 4.69) is 5.32 Å². The first-order valence-electron chi connectivity index (χ1n) is 7.75. The van der Waals surface area contributed by atoms with Crippen LogP contribution in [-0.2, 0) is 11.2 Å². The minimum Gasteiger partial charge on any atom is -0.333 e. The predicted octanol–water partition coefficient (Wildman–Crippen LogP) is 3.76. The predicted molar refractivity (Wildman–Crippen MR) is 96.1 cm³/mol. The van der Waals surface area contributed by atoms with Crippen LogP contribution in [0, 0.1) is 11.6 Å². The number of carbonyl (C=O) groups is 1. The zero-order chi connectivity index (χ0) is 17.1. The molecule has 0 aromatic heterocycles. The number of halogens is 4. The monoisotopic (exact) mass is 386 g/mol. The summed E-state index contributed by atoms with van der Waals surface area (Å²) in [4.78, 5) is 14.4. The molecule has 1 unspecified atom stereocenters. The van der Waals surface area contributed by atoms with Crippen molar-refractivity contribution in [2.45, 2.75) is 12.5 Å². The van der Waals surface area contributed by atoms with Gasteiger partial charge in [-0.05, 0) is 29.8 Å². The van der Waals surface area contributed by atoms with Crippen LogP contribution in [0.15, 0.2) is 42.5 Å². The number of piperazine rings is 1. The fourth-order valence-corrected chi connectivity index (χ4v) is 3.20. The number of amides is 1. The standard InChI is InChI=1S/C18H17ClF2N2O.ClH/c19-15-5-2-6-16(21)14(15)10-18(24)23-8-7-22-11-17(23)12-3-1-4-13(20)9-12;/h1-6,9,17,22H,7-8,10-11H2;1H. The second kappa shape index (κ2) is 8.61. The van der Waals surface area contributed by atoms with E-state index in [0.717, 1.165) is 5.56 Å². The summed E-state index contributed by atoms with van der Waals surface area (Å²) in [7, 11) is 0. The van der Waals surface area contributed by atoms with Crippen molar-refractivity contribution in [3.05, 3.63) is 70.2 Å². The number of nitrogens with zero attached hydrogens (tertiary/aromatic N) is 1. The fourth-order valence-electron chi connectivity index (χ4n) is 2.97. The summed E-state index contributed by atoms with van der Waals surface area (Å²) in [6.45, 7) is 1.65. The third-order valence-electron chi connectivity index (χ3n) is 4.19. The highest BCUT2D eigenvalue weighted by atomic mass is 35.5. The van der Waals surface area contributed by atoms with Gasteiger partial charge in [0.2, 0.25) is 5.91 Å². The maximum atomic E-state index is 13.9. The molecule has 0 aliphatic carbocycles. The summed E-state index contributed by atoms with van der Waals surface area (Å²) < 4.78 is 27.4. The molecule has 1 aliphatic rings. The van der Waals surface area contributed by atoms with E-state index >= 15 is 0 Å². The maximum absolute atomic E-state index is 13.9. The molecule has 0 bridgehead atoms. The van der Waals surface area contributed by atoms with Gasteiger partial charge in [0.15, 0.2) is 0 Å². The molecule has 3 nitrogen and oxygen atoms in total. The first-order chi connectivity index (χ1) is 11.6. The fraction of sp³-hybridized carbons (Fsp3) is 0.278. The van der Waals surface area contributed by atoms with Gasteiger partial charge >= 0.3 is 0 Å². The molecule has 134 valence electrons. The Kier molecular flexibility index (Phi) is 6.76. The molecule has 1 N–H and O–H groups in total. The molecule has 1 amide bonds. The Morgan fingerprint density at radius 3 is 2.72 bits per heavy atom. The molecule has 0 saturated carbocycles. The van der Waals surface area contributed by atoms with Crippen LogP contribution in [-0.4, -0.2) is 30.4 Å². The number of benzene rings is 2. The van der Waals surface area contributed by atoms with Crippen LogP contribution >= 0.6 is 24.0 Å². The third kappa shape index (κ3) is 4.48. The molecule has 25 heavy (non-hydrogen) atoms. The summed E-state index contributed by atoms with van der Waals surface area (Å²) in [6, 6.07) is 10.3. The number of hydrogen-bond acceptors (Lipinski definition) is 2. The van der Waals surface area contributed by atoms with Crippen molar-refractivity contribution in [2.24, 2.45) is 0 Å². The largest absolute Gasteiger partial charge is 0.333 e. The lowest BCUT2D eigenvalue weighted by molar-refractivity contribution is -0.133. The Balaban J connectivity index is 0.00000225. The summed E-state index contributed by atoms with van der Waals surface area (Å²) in [5, 5.41) is 3.44. The third-order valence-corrected chi connectivity index (χ3v) is 4.54. The van der Waals surface area contributed by atoms with Gasteiger partial charge in [-0.25, -0.2) is 8.78 Å². The molecular weight excluding hydrogens is 369 g/mol. The van der Waals surface area contributed by atoms with E-state index in [1.165, 1.54) is 24.3 Å². The quantitative estimate of drug-likeness (QED) is 0.870. The van der Waals surface area contributed by atoms with Gasteiger partial charge < -0.3 is 10.2 Å². The number of carbonyl (C=O) groups excluding carboxylic acids is 1. The molecule has 3 rings (SSSR count). The van der Waals surface area contributed by atoms with Crippen molar-refractivity contribution >= 4 is 29.9 Å². The van der Waals surface area contributed by atoms with Crippen LogP contribution in [0.4, 0.5) is 8.78 Å². The SMILES string of the molecule is Cl.O=C(Cc1c(F)cccc1Cl)N1CCNCC1c1cccc(F)c1. The van der Waals surface area contributed by atoms with Crippen molar-refractivity contribution in [3.8, 4) is 0 Å². The van der Waals surface area contributed by atoms with Crippen LogP contribution in [0.25, 0.3) is 0 Å². The Labute approximate surface area is 156 Å². The molecule has 7 heteroatoms. The van der Waals surface area contributed by atoms with Crippen molar-refractivity contribution < 1.29 is 13.6 Å². The lowest BCUT2D eigenvalue weighted by Gasteiger charge is -2.36. The molecule has 0 radical (unpaired) electrons. The van der Waals surface area contributed by atoms with E-state index < -0.39 is 5.82 Å². The lowest BCUT2D eigenvalue weighted by Crippen LogP contribution is -2.49. The van der Waals surface area contributed by atoms with E-state index in [1.807, 2.05) is 0 Å². The minimum absolute atomic E-state index is 0. The van der Waals surface area contributed by atoms with Gasteiger partial charge in [-0.2, -0.15) is 0 Å². The molecule has 2 aromatic rings. The Morgan fingerprint density at radius 1 is 1.24 bits per heavy atom. The zero-order valence-electron chi connectivity index (χ0n) is 13.3. The zero-order valence-corrected chi connectivity index (χ0v) is 14.9. The van der Waals surface area contributed by atoms with Gasteiger partial charge in [-0.1, -0.05) is 29.8 Å². The highest BCUT2D eigenvalue weighted by molar-refractivity contribution is 6.31. The van der Waals surface area contributed by atoms with Crippen LogP contribution in [0.1, 0.15) is 17.2 Å². The normalized spacial score (nSPS) is 17.1. The number of hydrogen-bond donors (Lipinski definition) is 1. The van der Waals surface area contributed by atoms with E-state index in [-0.39, 0.29) is 47.2 Å². The molecule has 1 aliphatic heterocycles. The Hall–Kier alpha value is -1.69. The Morgan fingerprint density at radius 2 is 2.00 bits per heavy atom. The van der Waals surface area contributed by atoms with Crippen molar-refractivity contribution in [2.75, 3.05) is 19.6 Å². The lowest BCUT2D eigenvalue weighted by atomic mass is 10.0. The topological polar surface area (TPSA) is 32.3 Å². The van der Waals surface area contributed by atoms with E-state index in [1.54, 1.807) is 23.1 Å². The van der Waals surface area contributed by atoms with Crippen molar-refractivity contribution in [1.82, 2.24) is 10.2 Å². The molecular formula is C18H18Cl2F2N2O. The first-order valence-corrected chi connectivity index (χ1v) is 8.12. The van der Waals surface area contributed by atoms with E-state index in [9.17, 15) is 13.6 Å². The van der Waals surface area contributed by atoms with Crippen molar-refractivity contribution in [3.63, 3.8) is 0 Å². The summed E-state index contributed by atoms with van der Waals surface area (Å²) in [5.41, 5.74) is 0.913. The van der Waals surface area contributed by atoms with Crippen LogP contribution in [0.2, 0.25) is 5.02 Å². The summed E-state index contributed by atoms with van der Waals surface area (Å²) >= 11 is 6.01. The highest BCUT2D eigenvalue weighted by Crippen LogP contribution is 2.26. The van der Waals surface area contributed by atoms with Crippen molar-refractivity contribution in [1.29, 1.82) is 0 Å². The van der Waals surface area contributed by atoms with Gasteiger partial charge in [0.05, 0.1) is 12.5 Å². The first kappa shape index (κ1) is 19.6. The average Bonchev–Trinajstić information content (AvgIpc) is 2.58. The number of nitrogens with one attached hydrogen (secondary N) is 1. The molecule has 2 aromatic carbocycles.